The molecule has 0 saturated carbocycles. The van der Waals surface area contributed by atoms with Crippen LogP contribution >= 0.6 is 7.37 Å². The van der Waals surface area contributed by atoms with Gasteiger partial charge in [-0.25, -0.2) is 0 Å². The molecule has 0 amide bonds. The Morgan fingerprint density at radius 2 is 1.39 bits per heavy atom. The fourth-order valence-electron chi connectivity index (χ4n) is 2.85. The van der Waals surface area contributed by atoms with Gasteiger partial charge in [-0.1, -0.05) is 42.5 Å². The first-order chi connectivity index (χ1) is 11.1. The van der Waals surface area contributed by atoms with Crippen LogP contribution in [0.25, 0.3) is 11.1 Å². The molecule has 23 heavy (non-hydrogen) atoms. The highest BCUT2D eigenvalue weighted by molar-refractivity contribution is 7.75. The maximum absolute atomic E-state index is 13.7. The molecule has 0 aromatic heterocycles. The van der Waals surface area contributed by atoms with Crippen molar-refractivity contribution in [2.75, 3.05) is 0 Å². The highest BCUT2D eigenvalue weighted by atomic mass is 31.2. The van der Waals surface area contributed by atoms with Gasteiger partial charge in [0, 0.05) is 5.56 Å². The second-order valence-corrected chi connectivity index (χ2v) is 7.55. The molecule has 0 fully saturated rings. The molecule has 1 heterocycles. The van der Waals surface area contributed by atoms with E-state index in [-0.39, 0.29) is 11.1 Å². The Balaban J connectivity index is 2.05. The third kappa shape index (κ3) is 1.96. The minimum Gasteiger partial charge on any atom is -0.504 e. The minimum atomic E-state index is -3.56. The summed E-state index contributed by atoms with van der Waals surface area (Å²) >= 11 is 0. The van der Waals surface area contributed by atoms with Crippen molar-refractivity contribution in [3.05, 3.63) is 66.7 Å². The van der Waals surface area contributed by atoms with Crippen LogP contribution in [0, 0.1) is 0 Å². The van der Waals surface area contributed by atoms with Gasteiger partial charge >= 0.3 is 7.37 Å². The Labute approximate surface area is 133 Å². The van der Waals surface area contributed by atoms with E-state index >= 15 is 0 Å². The molecule has 1 aliphatic heterocycles. The molecule has 0 spiro atoms. The molecule has 3 aromatic carbocycles. The lowest BCUT2D eigenvalue weighted by atomic mass is 10.0. The third-order valence-corrected chi connectivity index (χ3v) is 6.41. The Morgan fingerprint density at radius 1 is 0.739 bits per heavy atom. The Kier molecular flexibility index (Phi) is 2.97. The zero-order valence-corrected chi connectivity index (χ0v) is 12.9. The third-order valence-electron chi connectivity index (χ3n) is 3.94. The molecule has 0 radical (unpaired) electrons. The van der Waals surface area contributed by atoms with E-state index in [1.165, 1.54) is 18.2 Å². The van der Waals surface area contributed by atoms with Gasteiger partial charge in [0.1, 0.15) is 5.75 Å². The molecule has 114 valence electrons. The molecule has 4 nitrogen and oxygen atoms in total. The number of rotatable bonds is 1. The average Bonchev–Trinajstić information content (AvgIpc) is 2.57. The molecular weight excluding hydrogens is 311 g/mol. The summed E-state index contributed by atoms with van der Waals surface area (Å²) in [5.41, 5.74) is 1.66. The second-order valence-electron chi connectivity index (χ2n) is 5.30. The maximum atomic E-state index is 13.7. The summed E-state index contributed by atoms with van der Waals surface area (Å²) in [4.78, 5) is 0. The van der Waals surface area contributed by atoms with Crippen molar-refractivity contribution in [2.45, 2.75) is 0 Å². The molecule has 4 rings (SSSR count). The van der Waals surface area contributed by atoms with Gasteiger partial charge in [0.05, 0.1) is 10.6 Å². The lowest BCUT2D eigenvalue weighted by Gasteiger charge is -2.29. The Bertz CT molecular complexity index is 965. The average molecular weight is 324 g/mol. The van der Waals surface area contributed by atoms with Crippen LogP contribution in [0.4, 0.5) is 0 Å². The first kappa shape index (κ1) is 13.9. The minimum absolute atomic E-state index is 0.0967. The number of para-hydroxylation sites is 2. The van der Waals surface area contributed by atoms with E-state index in [4.69, 9.17) is 4.52 Å². The van der Waals surface area contributed by atoms with E-state index < -0.39 is 13.1 Å². The first-order valence-corrected chi connectivity index (χ1v) is 8.74. The van der Waals surface area contributed by atoms with E-state index in [9.17, 15) is 14.8 Å². The Hall–Kier alpha value is -2.71. The lowest BCUT2D eigenvalue weighted by molar-refractivity contribution is 0.405. The summed E-state index contributed by atoms with van der Waals surface area (Å²) < 4.78 is 19.6. The van der Waals surface area contributed by atoms with Gasteiger partial charge in [-0.3, -0.25) is 4.57 Å². The van der Waals surface area contributed by atoms with Gasteiger partial charge in [0.2, 0.25) is 0 Å². The molecule has 0 bridgehead atoms. The van der Waals surface area contributed by atoms with Crippen LogP contribution in [-0.2, 0) is 4.57 Å². The van der Waals surface area contributed by atoms with Gasteiger partial charge in [0.25, 0.3) is 0 Å². The van der Waals surface area contributed by atoms with Crippen LogP contribution in [0.2, 0.25) is 0 Å². The number of phenolic OH excluding ortho intramolecular Hbond substituents is 2. The molecule has 0 saturated heterocycles. The molecular formula is C18H13O4P. The lowest BCUT2D eigenvalue weighted by Crippen LogP contribution is -2.25. The van der Waals surface area contributed by atoms with Crippen LogP contribution in [0.15, 0.2) is 66.7 Å². The standard InChI is InChI=1S/C18H13O4P/c19-14-8-5-11-17(18(14)20)23(21)16-10-4-2-7-13(16)12-6-1-3-9-15(12)22-23/h1-11,19-20H. The first-order valence-electron chi connectivity index (χ1n) is 7.11. The predicted octanol–water partition coefficient (Wildman–Crippen LogP) is 3.39. The smallest absolute Gasteiger partial charge is 0.311 e. The van der Waals surface area contributed by atoms with Gasteiger partial charge in [-0.15, -0.1) is 0 Å². The molecule has 0 aliphatic carbocycles. The Morgan fingerprint density at radius 3 is 2.22 bits per heavy atom. The zero-order chi connectivity index (χ0) is 16.0. The zero-order valence-electron chi connectivity index (χ0n) is 12.0. The predicted molar refractivity (Wildman–Crippen MR) is 89.2 cm³/mol. The van der Waals surface area contributed by atoms with Crippen molar-refractivity contribution in [3.8, 4) is 28.4 Å². The summed E-state index contributed by atoms with van der Waals surface area (Å²) in [6.45, 7) is 0. The molecule has 1 aliphatic rings. The monoisotopic (exact) mass is 324 g/mol. The highest BCUT2D eigenvalue weighted by Gasteiger charge is 2.39. The number of benzene rings is 3. The molecule has 5 heteroatoms. The van der Waals surface area contributed by atoms with Crippen molar-refractivity contribution in [2.24, 2.45) is 0 Å². The van der Waals surface area contributed by atoms with Crippen LogP contribution < -0.4 is 15.1 Å². The normalized spacial score (nSPS) is 18.6. The summed E-state index contributed by atoms with van der Waals surface area (Å²) in [7, 11) is -3.56. The van der Waals surface area contributed by atoms with Crippen molar-refractivity contribution >= 4 is 18.0 Å². The van der Waals surface area contributed by atoms with Crippen molar-refractivity contribution in [1.82, 2.24) is 0 Å². The van der Waals surface area contributed by atoms with Crippen LogP contribution in [0.5, 0.6) is 17.2 Å². The topological polar surface area (TPSA) is 66.8 Å². The van der Waals surface area contributed by atoms with Crippen LogP contribution in [-0.4, -0.2) is 10.2 Å². The van der Waals surface area contributed by atoms with Crippen molar-refractivity contribution < 1.29 is 19.3 Å². The quantitative estimate of drug-likeness (QED) is 0.532. The highest BCUT2D eigenvalue weighted by Crippen LogP contribution is 2.55. The fraction of sp³-hybridized carbons (Fsp3) is 0. The summed E-state index contributed by atoms with van der Waals surface area (Å²) in [5, 5.41) is 20.6. The van der Waals surface area contributed by atoms with Crippen LogP contribution in [0.3, 0.4) is 0 Å². The van der Waals surface area contributed by atoms with E-state index in [2.05, 4.69) is 0 Å². The number of phenols is 2. The van der Waals surface area contributed by atoms with E-state index in [0.717, 1.165) is 11.1 Å². The van der Waals surface area contributed by atoms with Crippen molar-refractivity contribution in [3.63, 3.8) is 0 Å². The van der Waals surface area contributed by atoms with Gasteiger partial charge in [-0.05, 0) is 29.8 Å². The summed E-state index contributed by atoms with van der Waals surface area (Å²) in [6, 6.07) is 19.0. The molecule has 3 aromatic rings. The fourth-order valence-corrected chi connectivity index (χ4v) is 5.21. The van der Waals surface area contributed by atoms with Crippen LogP contribution in [0.1, 0.15) is 0 Å². The summed E-state index contributed by atoms with van der Waals surface area (Å²) in [6.07, 6.45) is 0. The number of hydrogen-bond acceptors (Lipinski definition) is 4. The number of aromatic hydroxyl groups is 2. The molecule has 1 atom stereocenters. The second kappa shape index (κ2) is 4.90. The number of fused-ring (bicyclic) bond motifs is 3. The SMILES string of the molecule is O=P1(c2cccc(O)c2O)Oc2ccccc2-c2ccccc21. The molecule has 1 unspecified atom stereocenters. The molecule has 2 N–H and O–H groups in total. The summed E-state index contributed by atoms with van der Waals surface area (Å²) in [5.74, 6) is -0.236. The van der Waals surface area contributed by atoms with Crippen molar-refractivity contribution in [1.29, 1.82) is 0 Å². The van der Waals surface area contributed by atoms with E-state index in [1.54, 1.807) is 24.3 Å². The maximum Gasteiger partial charge on any atom is 0.311 e. The number of hydrogen-bond donors (Lipinski definition) is 2. The largest absolute Gasteiger partial charge is 0.504 e. The van der Waals surface area contributed by atoms with Gasteiger partial charge in [-0.2, -0.15) is 0 Å². The van der Waals surface area contributed by atoms with Gasteiger partial charge in [0.15, 0.2) is 11.5 Å². The van der Waals surface area contributed by atoms with E-state index in [0.29, 0.717) is 11.1 Å². The van der Waals surface area contributed by atoms with E-state index in [1.807, 2.05) is 24.3 Å². The van der Waals surface area contributed by atoms with Gasteiger partial charge < -0.3 is 14.7 Å².